The number of nitrogens with zero attached hydrogens (tertiary/aromatic N) is 1. The Labute approximate surface area is 170 Å². The second kappa shape index (κ2) is 7.85. The summed E-state index contributed by atoms with van der Waals surface area (Å²) < 4.78 is 5.75. The molecule has 0 radical (unpaired) electrons. The molecule has 0 aromatic heterocycles. The zero-order valence-electron chi connectivity index (χ0n) is 16.9. The van der Waals surface area contributed by atoms with Crippen molar-refractivity contribution in [1.29, 1.82) is 0 Å². The van der Waals surface area contributed by atoms with Crippen molar-refractivity contribution in [2.75, 3.05) is 19.8 Å². The quantitative estimate of drug-likeness (QED) is 0.629. The van der Waals surface area contributed by atoms with Crippen molar-refractivity contribution >= 4 is 17.7 Å². The van der Waals surface area contributed by atoms with Crippen molar-refractivity contribution in [2.24, 2.45) is 0 Å². The molecule has 3 aliphatic rings. The van der Waals surface area contributed by atoms with Crippen LogP contribution in [0.25, 0.3) is 0 Å². The lowest BCUT2D eigenvalue weighted by Gasteiger charge is -2.29. The number of hydrogen-bond donors (Lipinski definition) is 3. The van der Waals surface area contributed by atoms with Crippen LogP contribution in [-0.4, -0.2) is 60.0 Å². The molecule has 1 aromatic carbocycles. The first-order chi connectivity index (χ1) is 13.8. The van der Waals surface area contributed by atoms with Crippen molar-refractivity contribution in [3.63, 3.8) is 0 Å². The molecule has 1 aromatic rings. The first-order valence-corrected chi connectivity index (χ1v) is 10.1. The van der Waals surface area contributed by atoms with Gasteiger partial charge in [0.05, 0.1) is 13.2 Å². The molecule has 29 heavy (non-hydrogen) atoms. The van der Waals surface area contributed by atoms with Crippen molar-refractivity contribution in [1.82, 2.24) is 20.9 Å². The van der Waals surface area contributed by atoms with E-state index in [9.17, 15) is 14.4 Å². The molecule has 0 bridgehead atoms. The van der Waals surface area contributed by atoms with E-state index in [1.54, 1.807) is 4.90 Å². The van der Waals surface area contributed by atoms with Gasteiger partial charge in [-0.1, -0.05) is 12.1 Å². The van der Waals surface area contributed by atoms with E-state index in [4.69, 9.17) is 4.74 Å². The summed E-state index contributed by atoms with van der Waals surface area (Å²) >= 11 is 0. The van der Waals surface area contributed by atoms with Gasteiger partial charge in [0.1, 0.15) is 6.04 Å². The Bertz CT molecular complexity index is 838. The van der Waals surface area contributed by atoms with Crippen LogP contribution in [0.3, 0.4) is 0 Å². The second-order valence-corrected chi connectivity index (χ2v) is 8.75. The minimum absolute atomic E-state index is 0.0318. The van der Waals surface area contributed by atoms with Gasteiger partial charge in [0, 0.05) is 43.2 Å². The van der Waals surface area contributed by atoms with Gasteiger partial charge in [0.15, 0.2) is 0 Å². The van der Waals surface area contributed by atoms with Crippen LogP contribution >= 0.6 is 0 Å². The molecular weight excluding hydrogens is 372 g/mol. The van der Waals surface area contributed by atoms with E-state index < -0.39 is 6.04 Å². The van der Waals surface area contributed by atoms with E-state index in [-0.39, 0.29) is 35.7 Å². The van der Waals surface area contributed by atoms with Crippen LogP contribution in [-0.2, 0) is 27.4 Å². The molecular formula is C21H28N4O4. The Morgan fingerprint density at radius 3 is 2.90 bits per heavy atom. The summed E-state index contributed by atoms with van der Waals surface area (Å²) in [5, 5.41) is 9.32. The van der Waals surface area contributed by atoms with Gasteiger partial charge < -0.3 is 20.3 Å². The van der Waals surface area contributed by atoms with E-state index in [0.29, 0.717) is 38.3 Å². The Balaban J connectivity index is 1.39. The molecule has 2 atom stereocenters. The topological polar surface area (TPSA) is 99.8 Å². The highest BCUT2D eigenvalue weighted by molar-refractivity contribution is 6.05. The molecule has 0 aliphatic carbocycles. The van der Waals surface area contributed by atoms with Gasteiger partial charge in [-0.2, -0.15) is 0 Å². The van der Waals surface area contributed by atoms with Crippen LogP contribution in [0.2, 0.25) is 0 Å². The average molecular weight is 400 g/mol. The fourth-order valence-electron chi connectivity index (χ4n) is 4.07. The van der Waals surface area contributed by atoms with Gasteiger partial charge in [-0.25, -0.2) is 0 Å². The standard InChI is InChI=1S/C21H28N4O4/c1-21(2)12-29-11-15(9-23-21)22-8-13-3-4-14-10-25(20(28)16(14)7-13)17-5-6-18(26)24-19(17)27/h3-4,7,15,17,22-23H,5-6,8-12H2,1-2H3,(H,24,26,27). The number of ether oxygens (including phenoxy) is 1. The number of fused-ring (bicyclic) bond motifs is 1. The van der Waals surface area contributed by atoms with E-state index in [2.05, 4.69) is 29.8 Å². The number of carbonyl (C=O) groups excluding carboxylic acids is 3. The van der Waals surface area contributed by atoms with Gasteiger partial charge in [-0.05, 0) is 37.5 Å². The van der Waals surface area contributed by atoms with E-state index in [1.165, 1.54) is 0 Å². The van der Waals surface area contributed by atoms with Crippen LogP contribution < -0.4 is 16.0 Å². The summed E-state index contributed by atoms with van der Waals surface area (Å²) in [5.41, 5.74) is 2.55. The van der Waals surface area contributed by atoms with Crippen molar-refractivity contribution in [2.45, 2.75) is 57.4 Å². The minimum atomic E-state index is -0.577. The second-order valence-electron chi connectivity index (χ2n) is 8.75. The molecule has 3 N–H and O–H groups in total. The largest absolute Gasteiger partial charge is 0.378 e. The van der Waals surface area contributed by atoms with Crippen LogP contribution in [0, 0.1) is 0 Å². The van der Waals surface area contributed by atoms with Crippen molar-refractivity contribution < 1.29 is 19.1 Å². The number of imide groups is 1. The highest BCUT2D eigenvalue weighted by Crippen LogP contribution is 2.28. The van der Waals surface area contributed by atoms with E-state index in [0.717, 1.165) is 17.7 Å². The lowest BCUT2D eigenvalue weighted by Crippen LogP contribution is -2.52. The smallest absolute Gasteiger partial charge is 0.255 e. The molecule has 0 spiro atoms. The molecule has 4 rings (SSSR count). The Kier molecular flexibility index (Phi) is 5.42. The summed E-state index contributed by atoms with van der Waals surface area (Å²) in [6, 6.07) is 5.50. The maximum Gasteiger partial charge on any atom is 0.255 e. The molecule has 0 saturated carbocycles. The normalized spacial score (nSPS) is 26.8. The minimum Gasteiger partial charge on any atom is -0.378 e. The summed E-state index contributed by atoms with van der Waals surface area (Å²) in [5.74, 6) is -0.796. The highest BCUT2D eigenvalue weighted by atomic mass is 16.5. The number of piperidine rings is 1. The Morgan fingerprint density at radius 1 is 1.28 bits per heavy atom. The summed E-state index contributed by atoms with van der Waals surface area (Å²) in [6.45, 7) is 7.42. The maximum atomic E-state index is 12.9. The van der Waals surface area contributed by atoms with Gasteiger partial charge in [-0.15, -0.1) is 0 Å². The number of benzene rings is 1. The SMILES string of the molecule is CC1(C)COCC(NCc2ccc3c(c2)C(=O)N(C2CCC(=O)NC2=O)C3)CN1. The Morgan fingerprint density at radius 2 is 2.10 bits per heavy atom. The summed E-state index contributed by atoms with van der Waals surface area (Å²) in [7, 11) is 0. The van der Waals surface area contributed by atoms with Gasteiger partial charge in [-0.3, -0.25) is 19.7 Å². The molecule has 2 unspecified atom stereocenters. The number of hydrogen-bond acceptors (Lipinski definition) is 6. The molecule has 2 saturated heterocycles. The van der Waals surface area contributed by atoms with E-state index in [1.807, 2.05) is 18.2 Å². The van der Waals surface area contributed by atoms with Crippen LogP contribution in [0.1, 0.15) is 48.2 Å². The van der Waals surface area contributed by atoms with Gasteiger partial charge >= 0.3 is 0 Å². The fourth-order valence-corrected chi connectivity index (χ4v) is 4.07. The first-order valence-electron chi connectivity index (χ1n) is 10.1. The third-order valence-corrected chi connectivity index (χ3v) is 5.80. The third kappa shape index (κ3) is 4.34. The predicted octanol–water partition coefficient (Wildman–Crippen LogP) is 0.304. The number of nitrogens with one attached hydrogen (secondary N) is 3. The van der Waals surface area contributed by atoms with E-state index >= 15 is 0 Å². The zero-order valence-corrected chi connectivity index (χ0v) is 16.9. The molecule has 3 heterocycles. The molecule has 3 amide bonds. The lowest BCUT2D eigenvalue weighted by atomic mass is 10.0. The van der Waals surface area contributed by atoms with Crippen molar-refractivity contribution in [3.05, 3.63) is 34.9 Å². The van der Waals surface area contributed by atoms with Crippen LogP contribution in [0.4, 0.5) is 0 Å². The number of amides is 3. The predicted molar refractivity (Wildman–Crippen MR) is 106 cm³/mol. The summed E-state index contributed by atoms with van der Waals surface area (Å²) in [6.07, 6.45) is 0.643. The number of rotatable bonds is 4. The lowest BCUT2D eigenvalue weighted by molar-refractivity contribution is -0.136. The maximum absolute atomic E-state index is 12.9. The zero-order chi connectivity index (χ0) is 20.6. The molecule has 3 aliphatic heterocycles. The third-order valence-electron chi connectivity index (χ3n) is 5.80. The van der Waals surface area contributed by atoms with Crippen molar-refractivity contribution in [3.8, 4) is 0 Å². The highest BCUT2D eigenvalue weighted by Gasteiger charge is 2.39. The summed E-state index contributed by atoms with van der Waals surface area (Å²) in [4.78, 5) is 38.0. The molecule has 8 nitrogen and oxygen atoms in total. The molecule has 8 heteroatoms. The first kappa shape index (κ1) is 20.0. The molecule has 2 fully saturated rings. The van der Waals surface area contributed by atoms with Gasteiger partial charge in [0.25, 0.3) is 5.91 Å². The van der Waals surface area contributed by atoms with Crippen LogP contribution in [0.5, 0.6) is 0 Å². The molecule has 156 valence electrons. The average Bonchev–Trinajstić information content (AvgIpc) is 2.88. The fraction of sp³-hybridized carbons (Fsp3) is 0.571. The Hall–Kier alpha value is -2.29. The monoisotopic (exact) mass is 400 g/mol. The van der Waals surface area contributed by atoms with Gasteiger partial charge in [0.2, 0.25) is 11.8 Å². The van der Waals surface area contributed by atoms with Crippen LogP contribution in [0.15, 0.2) is 18.2 Å². The number of carbonyl (C=O) groups is 3.